The molecule has 1 atom stereocenters. The van der Waals surface area contributed by atoms with E-state index < -0.39 is 5.08 Å². The normalized spacial score (nSPS) is 49.2. The van der Waals surface area contributed by atoms with Crippen LogP contribution in [0.15, 0.2) is 0 Å². The van der Waals surface area contributed by atoms with Gasteiger partial charge >= 0.3 is 0 Å². The number of rotatable bonds is 0. The molecular formula is H2N2O3. The summed E-state index contributed by atoms with van der Waals surface area (Å²) < 4.78 is 0. The van der Waals surface area contributed by atoms with Crippen molar-refractivity contribution in [1.29, 1.82) is 0 Å². The molecule has 1 fully saturated rings. The fourth-order valence-corrected chi connectivity index (χ4v) is 0.0349. The monoisotopic (exact) mass is 78.0 g/mol. The number of nitrogens with one attached hydrogen (secondary N) is 1. The second-order valence-corrected chi connectivity index (χ2v) is 0.703. The Morgan fingerprint density at radius 1 is 2.00 bits per heavy atom. The molecule has 0 amide bonds. The fraction of sp³-hybridized carbons (Fsp3) is 0. The summed E-state index contributed by atoms with van der Waals surface area (Å²) in [4.78, 5) is 3.58. The first kappa shape index (κ1) is 3.01. The molecule has 1 aliphatic heterocycles. The van der Waals surface area contributed by atoms with Gasteiger partial charge in [0.1, 0.15) is 0 Å². The van der Waals surface area contributed by atoms with Gasteiger partial charge in [-0.15, -0.1) is 0 Å². The molecule has 0 bridgehead atoms. The molecule has 0 aromatic heterocycles. The molecule has 5 nitrogen and oxygen atoms in total. The molecule has 5 heteroatoms. The molecule has 0 radical (unpaired) electrons. The standard InChI is InChI=1S/H2N2O3/c3-2(4)1-5-2/h1,3H. The molecule has 5 heavy (non-hydrogen) atoms. The average Bonchev–Trinajstić information content (AvgIpc) is 1.76. The lowest BCUT2D eigenvalue weighted by atomic mass is 12.6. The van der Waals surface area contributed by atoms with Gasteiger partial charge < -0.3 is 5.21 Å². The molecule has 0 spiro atoms. The highest BCUT2D eigenvalue weighted by molar-refractivity contribution is 3.95. The van der Waals surface area contributed by atoms with Crippen molar-refractivity contribution in [2.45, 2.75) is 0 Å². The highest BCUT2D eigenvalue weighted by Gasteiger charge is 2.35. The van der Waals surface area contributed by atoms with E-state index in [0.717, 1.165) is 0 Å². The zero-order chi connectivity index (χ0) is 3.91. The molecule has 1 aliphatic rings. The SMILES string of the molecule is [O-][N+]1(O)NO1. The summed E-state index contributed by atoms with van der Waals surface area (Å²) in [5.41, 5.74) is 1.61. The Morgan fingerprint density at radius 2 is 2.20 bits per heavy atom. The van der Waals surface area contributed by atoms with Crippen LogP contribution in [0.2, 0.25) is 0 Å². The molecule has 0 aromatic rings. The Hall–Kier alpha value is -0.200. The number of hydrogen-bond acceptors (Lipinski definition) is 4. The first-order valence-corrected chi connectivity index (χ1v) is 0.993. The minimum Gasteiger partial charge on any atom is -0.539 e. The lowest BCUT2D eigenvalue weighted by Crippen LogP contribution is -2.12. The molecule has 1 heterocycles. The van der Waals surface area contributed by atoms with Crippen LogP contribution in [0.1, 0.15) is 0 Å². The Morgan fingerprint density at radius 3 is 2.20 bits per heavy atom. The van der Waals surface area contributed by atoms with E-state index >= 15 is 0 Å². The van der Waals surface area contributed by atoms with Crippen molar-refractivity contribution in [3.05, 3.63) is 5.21 Å². The largest absolute Gasteiger partial charge is 0.539 e. The predicted octanol–water partition coefficient (Wildman–Crippen LogP) is -0.945. The fourth-order valence-electron chi connectivity index (χ4n) is 0.0349. The van der Waals surface area contributed by atoms with E-state index in [0.29, 0.717) is 0 Å². The summed E-state index contributed by atoms with van der Waals surface area (Å²) in [5.74, 6) is 0. The molecule has 0 saturated carbocycles. The molecule has 1 unspecified atom stereocenters. The van der Waals surface area contributed by atoms with Crippen molar-refractivity contribution in [1.82, 2.24) is 5.59 Å². The lowest BCUT2D eigenvalue weighted by Gasteiger charge is -1.91. The van der Waals surface area contributed by atoms with E-state index in [-0.39, 0.29) is 0 Å². The summed E-state index contributed by atoms with van der Waals surface area (Å²) in [7, 11) is 0. The second kappa shape index (κ2) is 0.490. The van der Waals surface area contributed by atoms with Crippen LogP contribution in [0.3, 0.4) is 0 Å². The van der Waals surface area contributed by atoms with Crippen LogP contribution in [-0.2, 0) is 4.94 Å². The predicted molar refractivity (Wildman–Crippen MR) is 9.63 cm³/mol. The molecule has 0 aromatic carbocycles. The van der Waals surface area contributed by atoms with Crippen LogP contribution in [0, 0.1) is 5.21 Å². The summed E-state index contributed by atoms with van der Waals surface area (Å²) in [6, 6.07) is 0. The van der Waals surface area contributed by atoms with Crippen LogP contribution in [0.4, 0.5) is 0 Å². The molecule has 1 rings (SSSR count). The first-order valence-electron chi connectivity index (χ1n) is 0.993. The van der Waals surface area contributed by atoms with E-state index in [1.165, 1.54) is 0 Å². The third-order valence-electron chi connectivity index (χ3n) is 0.247. The molecular weight excluding hydrogens is 76.0 g/mol. The number of quaternary nitrogens is 1. The third-order valence-corrected chi connectivity index (χ3v) is 0.247. The summed E-state index contributed by atoms with van der Waals surface area (Å²) in [5, 5.41) is 15.3. The van der Waals surface area contributed by atoms with Crippen LogP contribution < -0.4 is 5.59 Å². The topological polar surface area (TPSA) is 77.8 Å². The van der Waals surface area contributed by atoms with Gasteiger partial charge in [-0.2, -0.15) is 5.21 Å². The Bertz CT molecular complexity index is 42.9. The number of hydrogen-bond donors (Lipinski definition) is 2. The van der Waals surface area contributed by atoms with Crippen LogP contribution in [-0.4, -0.2) is 10.3 Å². The highest BCUT2D eigenvalue weighted by Crippen LogP contribution is 2.03. The van der Waals surface area contributed by atoms with E-state index in [2.05, 4.69) is 4.94 Å². The summed E-state index contributed by atoms with van der Waals surface area (Å²) in [6.07, 6.45) is 0. The maximum atomic E-state index is 9.38. The molecule has 0 aliphatic carbocycles. The van der Waals surface area contributed by atoms with Gasteiger partial charge in [0, 0.05) is 4.94 Å². The maximum Gasteiger partial charge on any atom is 0.0887 e. The first-order chi connectivity index (χ1) is 2.21. The van der Waals surface area contributed by atoms with Gasteiger partial charge in [-0.25, -0.2) is 0 Å². The molecule has 30 valence electrons. The quantitative estimate of drug-likeness (QED) is 0.222. The van der Waals surface area contributed by atoms with Gasteiger partial charge in [0.05, 0.1) is 10.7 Å². The summed E-state index contributed by atoms with van der Waals surface area (Å²) >= 11 is 0. The highest BCUT2D eigenvalue weighted by atomic mass is 17.4. The van der Waals surface area contributed by atoms with Crippen LogP contribution in [0.5, 0.6) is 0 Å². The van der Waals surface area contributed by atoms with Crippen molar-refractivity contribution in [2.75, 3.05) is 0 Å². The van der Waals surface area contributed by atoms with Crippen molar-refractivity contribution in [3.63, 3.8) is 0 Å². The third kappa shape index (κ3) is 0.534. The zero-order valence-corrected chi connectivity index (χ0v) is 2.21. The van der Waals surface area contributed by atoms with Gasteiger partial charge in [0.2, 0.25) is 0 Å². The Labute approximate surface area is 27.4 Å². The van der Waals surface area contributed by atoms with E-state index in [1.807, 2.05) is 0 Å². The molecule has 1 saturated heterocycles. The Kier molecular flexibility index (Phi) is 0.295. The van der Waals surface area contributed by atoms with Gasteiger partial charge in [-0.1, -0.05) is 0 Å². The van der Waals surface area contributed by atoms with Crippen molar-refractivity contribution in [2.24, 2.45) is 0 Å². The smallest absolute Gasteiger partial charge is 0.0887 e. The number of nitrogens with zero attached hydrogens (tertiary/aromatic N) is 1. The lowest BCUT2D eigenvalue weighted by molar-refractivity contribution is -1.06. The van der Waals surface area contributed by atoms with Crippen molar-refractivity contribution < 1.29 is 15.2 Å². The van der Waals surface area contributed by atoms with Gasteiger partial charge in [0.15, 0.2) is 0 Å². The van der Waals surface area contributed by atoms with Crippen LogP contribution >= 0.6 is 0 Å². The average molecular weight is 78.0 g/mol. The maximum absolute atomic E-state index is 9.38. The minimum atomic E-state index is -1.75. The van der Waals surface area contributed by atoms with Gasteiger partial charge in [-0.05, 0) is 0 Å². The van der Waals surface area contributed by atoms with Gasteiger partial charge in [-0.3, -0.25) is 0 Å². The van der Waals surface area contributed by atoms with Gasteiger partial charge in [0.25, 0.3) is 0 Å². The minimum absolute atomic E-state index is 1.61. The van der Waals surface area contributed by atoms with Crippen molar-refractivity contribution >= 4 is 0 Å². The van der Waals surface area contributed by atoms with Crippen LogP contribution in [0.25, 0.3) is 0 Å². The summed E-state index contributed by atoms with van der Waals surface area (Å²) in [6.45, 7) is 0. The Balaban J connectivity index is 2.38. The second-order valence-electron chi connectivity index (χ2n) is 0.703. The van der Waals surface area contributed by atoms with E-state index in [1.54, 1.807) is 5.59 Å². The zero-order valence-electron chi connectivity index (χ0n) is 2.21. The van der Waals surface area contributed by atoms with E-state index in [9.17, 15) is 5.21 Å². The molecule has 2 N–H and O–H groups in total. The van der Waals surface area contributed by atoms with E-state index in [4.69, 9.17) is 5.21 Å². The van der Waals surface area contributed by atoms with Crippen molar-refractivity contribution in [3.8, 4) is 0 Å².